The third-order valence-electron chi connectivity index (χ3n) is 6.30. The largest absolute Gasteiger partial charge is 0.346 e. The monoisotopic (exact) mass is 399 g/mol. The van der Waals surface area contributed by atoms with E-state index in [0.29, 0.717) is 11.6 Å². The highest BCUT2D eigenvalue weighted by molar-refractivity contribution is 7.13. The summed E-state index contributed by atoms with van der Waals surface area (Å²) in [5.41, 5.74) is 1.24. The summed E-state index contributed by atoms with van der Waals surface area (Å²) in [7, 11) is 0. The molecule has 4 fully saturated rings. The van der Waals surface area contributed by atoms with Gasteiger partial charge in [0.25, 0.3) is 5.91 Å². The standard InChI is InChI=1S/C20H25N5O2S/c26-19(22-16-12-24-9-5-13(16)6-10-24)18-15-4-3-14(11-17(15)28-23-18)21-20(27)25-7-1-2-8-25/h3-4,11,13,16H,1-2,5-10,12H2,(H,21,27)(H,22,26)/t16-/m1/s1. The second-order valence-corrected chi connectivity index (χ2v) is 8.89. The molecule has 0 spiro atoms. The molecule has 2 aromatic rings. The lowest BCUT2D eigenvalue weighted by Crippen LogP contribution is -2.57. The van der Waals surface area contributed by atoms with Crippen molar-refractivity contribution in [1.82, 2.24) is 19.5 Å². The maximum atomic E-state index is 12.8. The zero-order valence-corrected chi connectivity index (χ0v) is 16.6. The molecule has 28 heavy (non-hydrogen) atoms. The minimum atomic E-state index is -0.0844. The summed E-state index contributed by atoms with van der Waals surface area (Å²) in [4.78, 5) is 29.4. The maximum absolute atomic E-state index is 12.8. The van der Waals surface area contributed by atoms with Gasteiger partial charge < -0.3 is 20.4 Å². The Kier molecular flexibility index (Phi) is 4.68. The van der Waals surface area contributed by atoms with Gasteiger partial charge in [-0.15, -0.1) is 0 Å². The summed E-state index contributed by atoms with van der Waals surface area (Å²) in [5, 5.41) is 7.02. The fraction of sp³-hybridized carbons (Fsp3) is 0.550. The summed E-state index contributed by atoms with van der Waals surface area (Å²) >= 11 is 1.31. The van der Waals surface area contributed by atoms with Crippen molar-refractivity contribution in [3.63, 3.8) is 0 Å². The number of anilines is 1. The highest BCUT2D eigenvalue weighted by Crippen LogP contribution is 2.29. The predicted octanol–water partition coefficient (Wildman–Crippen LogP) is 2.75. The molecule has 2 bridgehead atoms. The third-order valence-corrected chi connectivity index (χ3v) is 7.11. The van der Waals surface area contributed by atoms with Gasteiger partial charge in [-0.25, -0.2) is 4.79 Å². The number of carbonyl (C=O) groups is 2. The van der Waals surface area contributed by atoms with E-state index < -0.39 is 0 Å². The molecule has 6 rings (SSSR count). The fourth-order valence-electron chi connectivity index (χ4n) is 4.67. The van der Waals surface area contributed by atoms with Crippen LogP contribution in [0.5, 0.6) is 0 Å². The second-order valence-electron chi connectivity index (χ2n) is 8.08. The van der Waals surface area contributed by atoms with E-state index in [1.54, 1.807) is 0 Å². The van der Waals surface area contributed by atoms with Crippen LogP contribution in [0.4, 0.5) is 10.5 Å². The highest BCUT2D eigenvalue weighted by Gasteiger charge is 2.35. The molecule has 4 aliphatic rings. The number of carbonyl (C=O) groups excluding carboxylic acids is 2. The van der Waals surface area contributed by atoms with E-state index in [0.717, 1.165) is 61.3 Å². The first kappa shape index (κ1) is 17.9. The summed E-state index contributed by atoms with van der Waals surface area (Å²) in [6.07, 6.45) is 4.48. The SMILES string of the molecule is O=C(N[C@@H]1CN2CCC1CC2)c1nsc2cc(NC(=O)N3CCCC3)ccc12. The van der Waals surface area contributed by atoms with Crippen molar-refractivity contribution >= 4 is 39.2 Å². The lowest BCUT2D eigenvalue weighted by molar-refractivity contribution is 0.0619. The van der Waals surface area contributed by atoms with Crippen LogP contribution in [-0.4, -0.2) is 64.9 Å². The highest BCUT2D eigenvalue weighted by atomic mass is 32.1. The van der Waals surface area contributed by atoms with E-state index >= 15 is 0 Å². The number of benzene rings is 1. The molecule has 148 valence electrons. The molecule has 1 aromatic heterocycles. The molecule has 5 heterocycles. The molecule has 2 N–H and O–H groups in total. The Labute approximate surface area is 168 Å². The van der Waals surface area contributed by atoms with E-state index in [9.17, 15) is 9.59 Å². The molecule has 4 saturated heterocycles. The van der Waals surface area contributed by atoms with Crippen molar-refractivity contribution in [2.75, 3.05) is 38.0 Å². The van der Waals surface area contributed by atoms with Crippen molar-refractivity contribution < 1.29 is 9.59 Å². The zero-order valence-electron chi connectivity index (χ0n) is 15.8. The Morgan fingerprint density at radius 2 is 1.89 bits per heavy atom. The van der Waals surface area contributed by atoms with Gasteiger partial charge in [-0.1, -0.05) is 0 Å². The molecule has 3 amide bonds. The van der Waals surface area contributed by atoms with Crippen LogP contribution in [0, 0.1) is 5.92 Å². The molecule has 0 aliphatic carbocycles. The Morgan fingerprint density at radius 3 is 2.61 bits per heavy atom. The van der Waals surface area contributed by atoms with E-state index in [4.69, 9.17) is 0 Å². The van der Waals surface area contributed by atoms with E-state index in [1.165, 1.54) is 24.4 Å². The molecule has 0 saturated carbocycles. The van der Waals surface area contributed by atoms with Crippen LogP contribution in [-0.2, 0) is 0 Å². The van der Waals surface area contributed by atoms with Gasteiger partial charge in [-0.3, -0.25) is 4.79 Å². The molecular formula is C20H25N5O2S. The quantitative estimate of drug-likeness (QED) is 0.832. The normalized spacial score (nSPS) is 26.6. The summed E-state index contributed by atoms with van der Waals surface area (Å²) < 4.78 is 5.33. The van der Waals surface area contributed by atoms with E-state index in [2.05, 4.69) is 19.9 Å². The van der Waals surface area contributed by atoms with Crippen LogP contribution in [0.3, 0.4) is 0 Å². The number of nitrogens with one attached hydrogen (secondary N) is 2. The molecule has 4 aliphatic heterocycles. The number of likely N-dealkylation sites (tertiary alicyclic amines) is 1. The molecule has 8 heteroatoms. The first-order valence-electron chi connectivity index (χ1n) is 10.2. The number of nitrogens with zero attached hydrogens (tertiary/aromatic N) is 3. The van der Waals surface area contributed by atoms with Crippen molar-refractivity contribution in [1.29, 1.82) is 0 Å². The van der Waals surface area contributed by atoms with Gasteiger partial charge in [0, 0.05) is 36.7 Å². The van der Waals surface area contributed by atoms with Gasteiger partial charge in [0.15, 0.2) is 0 Å². The van der Waals surface area contributed by atoms with E-state index in [-0.39, 0.29) is 18.0 Å². The predicted molar refractivity (Wildman–Crippen MR) is 110 cm³/mol. The van der Waals surface area contributed by atoms with Gasteiger partial charge in [-0.05, 0) is 74.4 Å². The molecule has 7 nitrogen and oxygen atoms in total. The van der Waals surface area contributed by atoms with Crippen molar-refractivity contribution in [2.45, 2.75) is 31.7 Å². The lowest BCUT2D eigenvalue weighted by atomic mass is 9.84. The third kappa shape index (κ3) is 3.35. The smallest absolute Gasteiger partial charge is 0.321 e. The molecule has 0 unspecified atom stereocenters. The van der Waals surface area contributed by atoms with Crippen LogP contribution in [0.2, 0.25) is 0 Å². The average molecular weight is 400 g/mol. The summed E-state index contributed by atoms with van der Waals surface area (Å²) in [6, 6.07) is 5.83. The second kappa shape index (κ2) is 7.33. The zero-order chi connectivity index (χ0) is 19.1. The van der Waals surface area contributed by atoms with E-state index in [1.807, 2.05) is 23.1 Å². The number of hydrogen-bond acceptors (Lipinski definition) is 5. The van der Waals surface area contributed by atoms with Crippen LogP contribution in [0.15, 0.2) is 18.2 Å². The van der Waals surface area contributed by atoms with Crippen LogP contribution in [0.1, 0.15) is 36.2 Å². The lowest BCUT2D eigenvalue weighted by Gasteiger charge is -2.44. The van der Waals surface area contributed by atoms with Gasteiger partial charge in [0.05, 0.1) is 4.70 Å². The van der Waals surface area contributed by atoms with Gasteiger partial charge >= 0.3 is 6.03 Å². The van der Waals surface area contributed by atoms with Crippen molar-refractivity contribution in [2.24, 2.45) is 5.92 Å². The molecular weight excluding hydrogens is 374 g/mol. The number of urea groups is 1. The minimum absolute atomic E-state index is 0.0540. The maximum Gasteiger partial charge on any atom is 0.321 e. The Hall–Kier alpha value is -2.19. The van der Waals surface area contributed by atoms with Gasteiger partial charge in [0.1, 0.15) is 5.69 Å². The van der Waals surface area contributed by atoms with Crippen LogP contribution >= 0.6 is 11.5 Å². The molecule has 1 atom stereocenters. The first-order valence-corrected chi connectivity index (χ1v) is 10.9. The van der Waals surface area contributed by atoms with Crippen LogP contribution < -0.4 is 10.6 Å². The van der Waals surface area contributed by atoms with Gasteiger partial charge in [-0.2, -0.15) is 4.37 Å². The van der Waals surface area contributed by atoms with Crippen molar-refractivity contribution in [3.05, 3.63) is 23.9 Å². The number of piperidine rings is 3. The molecule has 0 radical (unpaired) electrons. The summed E-state index contributed by atoms with van der Waals surface area (Å²) in [6.45, 7) is 4.90. The Bertz CT molecular complexity index is 899. The number of aromatic nitrogens is 1. The van der Waals surface area contributed by atoms with Gasteiger partial charge in [0.2, 0.25) is 0 Å². The van der Waals surface area contributed by atoms with Crippen LogP contribution in [0.25, 0.3) is 10.1 Å². The number of fused-ring (bicyclic) bond motifs is 4. The number of amides is 3. The topological polar surface area (TPSA) is 77.6 Å². The summed E-state index contributed by atoms with van der Waals surface area (Å²) in [5.74, 6) is 0.505. The average Bonchev–Trinajstić information content (AvgIpc) is 3.39. The Morgan fingerprint density at radius 1 is 1.11 bits per heavy atom. The molecule has 1 aromatic carbocycles. The number of hydrogen-bond donors (Lipinski definition) is 2. The first-order chi connectivity index (χ1) is 13.7. The Balaban J connectivity index is 1.29. The minimum Gasteiger partial charge on any atom is -0.346 e. The van der Waals surface area contributed by atoms with Crippen molar-refractivity contribution in [3.8, 4) is 0 Å². The fourth-order valence-corrected chi connectivity index (χ4v) is 5.48. The number of rotatable bonds is 3.